The lowest BCUT2D eigenvalue weighted by Crippen LogP contribution is -2.14. The van der Waals surface area contributed by atoms with E-state index in [0.29, 0.717) is 0 Å². The minimum absolute atomic E-state index is 0.313. The van der Waals surface area contributed by atoms with E-state index in [0.717, 1.165) is 29.9 Å². The largest absolute Gasteiger partial charge is 0.460 e. The van der Waals surface area contributed by atoms with Gasteiger partial charge in [0.05, 0.1) is 6.61 Å². The number of unbranched alkanes of at least 4 members (excludes halogenated alkanes) is 5. The van der Waals surface area contributed by atoms with Gasteiger partial charge in [-0.1, -0.05) is 93.6 Å². The summed E-state index contributed by atoms with van der Waals surface area (Å²) in [6.07, 6.45) is 9.38. The summed E-state index contributed by atoms with van der Waals surface area (Å²) < 4.78 is 12.3. The van der Waals surface area contributed by atoms with Gasteiger partial charge >= 0.3 is 0 Å². The number of hydrogen-bond donors (Lipinski definition) is 0. The van der Waals surface area contributed by atoms with E-state index in [1.54, 1.807) is 0 Å². The Kier molecular flexibility index (Phi) is 6.70. The lowest BCUT2D eigenvalue weighted by molar-refractivity contribution is -0.103. The Balaban J connectivity index is 1.61. The number of rotatable bonds is 9. The highest BCUT2D eigenvalue weighted by Gasteiger charge is 2.23. The topological polar surface area (TPSA) is 18.5 Å². The molecule has 0 radical (unpaired) electrons. The zero-order valence-corrected chi connectivity index (χ0v) is 15.1. The first-order valence-electron chi connectivity index (χ1n) is 9.53. The fraction of sp³-hybridized carbons (Fsp3) is 0.391. The van der Waals surface area contributed by atoms with Gasteiger partial charge in [0, 0.05) is 11.1 Å². The van der Waals surface area contributed by atoms with Crippen molar-refractivity contribution < 1.29 is 9.47 Å². The molecule has 2 aromatic rings. The average Bonchev–Trinajstić information content (AvgIpc) is 2.67. The zero-order valence-electron chi connectivity index (χ0n) is 15.1. The van der Waals surface area contributed by atoms with Gasteiger partial charge in [0.25, 0.3) is 0 Å². The minimum atomic E-state index is -0.313. The van der Waals surface area contributed by atoms with Gasteiger partial charge in [-0.2, -0.15) is 0 Å². The van der Waals surface area contributed by atoms with Gasteiger partial charge in [0.2, 0.25) is 6.29 Å². The second-order valence-electron chi connectivity index (χ2n) is 6.59. The second kappa shape index (κ2) is 9.43. The van der Waals surface area contributed by atoms with E-state index >= 15 is 0 Å². The molecular weight excluding hydrogens is 308 g/mol. The maximum atomic E-state index is 6.18. The molecule has 0 N–H and O–H groups in total. The molecule has 0 aromatic heterocycles. The van der Waals surface area contributed by atoms with E-state index < -0.39 is 0 Å². The Bertz CT molecular complexity index is 676. The molecule has 0 bridgehead atoms. The number of ether oxygens (including phenoxy) is 2. The molecule has 132 valence electrons. The minimum Gasteiger partial charge on any atom is -0.460 e. The molecule has 1 aliphatic heterocycles. The van der Waals surface area contributed by atoms with Crippen LogP contribution in [0.4, 0.5) is 0 Å². The Morgan fingerprint density at radius 2 is 1.56 bits per heavy atom. The van der Waals surface area contributed by atoms with Gasteiger partial charge in [0.15, 0.2) is 0 Å². The maximum absolute atomic E-state index is 6.18. The fourth-order valence-electron chi connectivity index (χ4n) is 3.16. The van der Waals surface area contributed by atoms with Crippen molar-refractivity contribution in [2.45, 2.75) is 51.7 Å². The summed E-state index contributed by atoms with van der Waals surface area (Å²) >= 11 is 0. The predicted octanol–water partition coefficient (Wildman–Crippen LogP) is 6.59. The molecule has 2 heteroatoms. The molecular formula is C23H28O2. The summed E-state index contributed by atoms with van der Waals surface area (Å²) in [4.78, 5) is 0. The highest BCUT2D eigenvalue weighted by molar-refractivity contribution is 5.80. The van der Waals surface area contributed by atoms with Crippen molar-refractivity contribution in [2.75, 3.05) is 6.61 Å². The fourth-order valence-corrected chi connectivity index (χ4v) is 3.16. The van der Waals surface area contributed by atoms with Crippen LogP contribution in [0, 0.1) is 0 Å². The summed E-state index contributed by atoms with van der Waals surface area (Å²) in [6.45, 7) is 2.99. The van der Waals surface area contributed by atoms with E-state index in [1.165, 1.54) is 37.7 Å². The van der Waals surface area contributed by atoms with Crippen molar-refractivity contribution in [1.29, 1.82) is 0 Å². The monoisotopic (exact) mass is 336 g/mol. The van der Waals surface area contributed by atoms with Gasteiger partial charge in [-0.05, 0) is 18.1 Å². The molecule has 0 saturated carbocycles. The quantitative estimate of drug-likeness (QED) is 0.481. The first-order chi connectivity index (χ1) is 12.4. The second-order valence-corrected chi connectivity index (χ2v) is 6.59. The molecule has 1 aliphatic rings. The normalized spacial score (nSPS) is 16.0. The standard InChI is InChI=1S/C23H28O2/c1-2-3-4-5-6-12-17-24-23-21-16-11-10-15-20(21)18-22(25-23)19-13-8-7-9-14-19/h7-11,13-16,18,23H,2-6,12,17H2,1H3/t23-/m1/s1. The molecule has 0 unspecified atom stereocenters. The smallest absolute Gasteiger partial charge is 0.227 e. The molecule has 25 heavy (non-hydrogen) atoms. The van der Waals surface area contributed by atoms with Crippen LogP contribution in [0.25, 0.3) is 11.8 Å². The Morgan fingerprint density at radius 3 is 2.40 bits per heavy atom. The SMILES string of the molecule is CCCCCCCCO[C@@H]1OC(c2ccccc2)=Cc2ccccc21. The summed E-state index contributed by atoms with van der Waals surface area (Å²) in [5.74, 6) is 0.882. The highest BCUT2D eigenvalue weighted by atomic mass is 16.7. The van der Waals surface area contributed by atoms with Crippen LogP contribution in [0.3, 0.4) is 0 Å². The van der Waals surface area contributed by atoms with Crippen LogP contribution in [-0.4, -0.2) is 6.61 Å². The van der Waals surface area contributed by atoms with E-state index in [4.69, 9.17) is 9.47 Å². The van der Waals surface area contributed by atoms with Crippen LogP contribution in [0.15, 0.2) is 54.6 Å². The summed E-state index contributed by atoms with van der Waals surface area (Å²) in [5.41, 5.74) is 3.39. The Hall–Kier alpha value is -2.06. The third kappa shape index (κ3) is 4.96. The molecule has 0 spiro atoms. The van der Waals surface area contributed by atoms with Crippen molar-refractivity contribution in [3.63, 3.8) is 0 Å². The van der Waals surface area contributed by atoms with Gasteiger partial charge < -0.3 is 9.47 Å². The molecule has 0 aliphatic carbocycles. The molecule has 1 atom stereocenters. The first kappa shape index (κ1) is 17.8. The van der Waals surface area contributed by atoms with Crippen molar-refractivity contribution in [1.82, 2.24) is 0 Å². The van der Waals surface area contributed by atoms with Crippen LogP contribution in [0.5, 0.6) is 0 Å². The van der Waals surface area contributed by atoms with Crippen molar-refractivity contribution in [3.8, 4) is 0 Å². The molecule has 0 amide bonds. The van der Waals surface area contributed by atoms with Gasteiger partial charge in [0.1, 0.15) is 5.76 Å². The first-order valence-corrected chi connectivity index (χ1v) is 9.53. The predicted molar refractivity (Wildman–Crippen MR) is 104 cm³/mol. The Labute approximate surface area is 151 Å². The van der Waals surface area contributed by atoms with Crippen molar-refractivity contribution in [3.05, 3.63) is 71.3 Å². The maximum Gasteiger partial charge on any atom is 0.227 e. The van der Waals surface area contributed by atoms with Crippen LogP contribution >= 0.6 is 0 Å². The third-order valence-corrected chi connectivity index (χ3v) is 4.60. The Morgan fingerprint density at radius 1 is 0.840 bits per heavy atom. The number of fused-ring (bicyclic) bond motifs is 1. The molecule has 0 fully saturated rings. The lowest BCUT2D eigenvalue weighted by Gasteiger charge is -2.27. The van der Waals surface area contributed by atoms with E-state index in [-0.39, 0.29) is 6.29 Å². The molecule has 2 nitrogen and oxygen atoms in total. The van der Waals surface area contributed by atoms with E-state index in [2.05, 4.69) is 43.3 Å². The number of hydrogen-bond acceptors (Lipinski definition) is 2. The van der Waals surface area contributed by atoms with E-state index in [1.807, 2.05) is 24.3 Å². The van der Waals surface area contributed by atoms with Crippen molar-refractivity contribution >= 4 is 11.8 Å². The highest BCUT2D eigenvalue weighted by Crippen LogP contribution is 2.36. The molecule has 0 saturated heterocycles. The van der Waals surface area contributed by atoms with Crippen molar-refractivity contribution in [2.24, 2.45) is 0 Å². The van der Waals surface area contributed by atoms with Gasteiger partial charge in [-0.25, -0.2) is 0 Å². The van der Waals surface area contributed by atoms with Crippen LogP contribution in [-0.2, 0) is 9.47 Å². The summed E-state index contributed by atoms with van der Waals surface area (Å²) in [6, 6.07) is 18.6. The van der Waals surface area contributed by atoms with Crippen LogP contribution in [0.2, 0.25) is 0 Å². The zero-order chi connectivity index (χ0) is 17.3. The molecule has 3 rings (SSSR count). The molecule has 2 aromatic carbocycles. The van der Waals surface area contributed by atoms with Gasteiger partial charge in [-0.15, -0.1) is 0 Å². The average molecular weight is 336 g/mol. The number of benzene rings is 2. The van der Waals surface area contributed by atoms with Crippen LogP contribution in [0.1, 0.15) is 68.4 Å². The third-order valence-electron chi connectivity index (χ3n) is 4.60. The molecule has 1 heterocycles. The summed E-state index contributed by atoms with van der Waals surface area (Å²) in [7, 11) is 0. The summed E-state index contributed by atoms with van der Waals surface area (Å²) in [5, 5.41) is 0. The van der Waals surface area contributed by atoms with Gasteiger partial charge in [-0.3, -0.25) is 0 Å². The lowest BCUT2D eigenvalue weighted by atomic mass is 10.0. The van der Waals surface area contributed by atoms with E-state index in [9.17, 15) is 0 Å². The van der Waals surface area contributed by atoms with Crippen LogP contribution < -0.4 is 0 Å².